The minimum Gasteiger partial charge on any atom is -0.393 e. The van der Waals surface area contributed by atoms with Crippen LogP contribution in [0.3, 0.4) is 0 Å². The molecule has 0 saturated heterocycles. The number of nitrogens with zero attached hydrogens (tertiary/aromatic N) is 1. The first-order valence-electron chi connectivity index (χ1n) is 6.78. The minimum absolute atomic E-state index is 0.149. The SMILES string of the molecule is CC(O)CCN(C)CC(C)C(N)c1ccccc1F. The lowest BCUT2D eigenvalue weighted by atomic mass is 9.94. The van der Waals surface area contributed by atoms with Crippen molar-refractivity contribution in [1.82, 2.24) is 4.90 Å². The molecule has 0 aliphatic carbocycles. The summed E-state index contributed by atoms with van der Waals surface area (Å²) in [5.41, 5.74) is 6.70. The standard InChI is InChI=1S/C15H25FN2O/c1-11(10-18(3)9-8-12(2)19)15(17)13-6-4-5-7-14(13)16/h4-7,11-12,15,19H,8-10,17H2,1-3H3. The Labute approximate surface area is 115 Å². The van der Waals surface area contributed by atoms with Crippen LogP contribution in [0.25, 0.3) is 0 Å². The van der Waals surface area contributed by atoms with Crippen LogP contribution in [0.5, 0.6) is 0 Å². The number of hydrogen-bond donors (Lipinski definition) is 2. The lowest BCUT2D eigenvalue weighted by molar-refractivity contribution is 0.157. The van der Waals surface area contributed by atoms with Gasteiger partial charge in [0, 0.05) is 24.7 Å². The van der Waals surface area contributed by atoms with E-state index in [-0.39, 0.29) is 23.9 Å². The second-order valence-corrected chi connectivity index (χ2v) is 5.42. The zero-order chi connectivity index (χ0) is 14.4. The average Bonchev–Trinajstić information content (AvgIpc) is 2.36. The van der Waals surface area contributed by atoms with Crippen molar-refractivity contribution >= 4 is 0 Å². The Morgan fingerprint density at radius 3 is 2.53 bits per heavy atom. The Bertz CT molecular complexity index is 384. The van der Waals surface area contributed by atoms with Gasteiger partial charge in [0.15, 0.2) is 0 Å². The lowest BCUT2D eigenvalue weighted by Crippen LogP contribution is -2.33. The molecule has 3 N–H and O–H groups in total. The Morgan fingerprint density at radius 1 is 1.32 bits per heavy atom. The van der Waals surface area contributed by atoms with Gasteiger partial charge in [-0.15, -0.1) is 0 Å². The molecule has 1 aromatic rings. The van der Waals surface area contributed by atoms with E-state index in [2.05, 4.69) is 4.90 Å². The van der Waals surface area contributed by atoms with Crippen LogP contribution in [0.2, 0.25) is 0 Å². The zero-order valence-corrected chi connectivity index (χ0v) is 12.0. The second kappa shape index (κ2) is 7.58. The molecule has 0 bridgehead atoms. The summed E-state index contributed by atoms with van der Waals surface area (Å²) in [5.74, 6) is -0.0932. The van der Waals surface area contributed by atoms with Gasteiger partial charge in [-0.2, -0.15) is 0 Å². The van der Waals surface area contributed by atoms with Crippen molar-refractivity contribution in [2.24, 2.45) is 11.7 Å². The highest BCUT2D eigenvalue weighted by Crippen LogP contribution is 2.22. The lowest BCUT2D eigenvalue weighted by Gasteiger charge is -2.26. The molecule has 0 radical (unpaired) electrons. The van der Waals surface area contributed by atoms with Gasteiger partial charge in [0.1, 0.15) is 5.82 Å². The summed E-state index contributed by atoms with van der Waals surface area (Å²) in [6.07, 6.45) is 0.441. The van der Waals surface area contributed by atoms with Crippen molar-refractivity contribution < 1.29 is 9.50 Å². The summed E-state index contributed by atoms with van der Waals surface area (Å²) in [7, 11) is 1.99. The van der Waals surface area contributed by atoms with Crippen LogP contribution in [-0.4, -0.2) is 36.2 Å². The fraction of sp³-hybridized carbons (Fsp3) is 0.600. The molecule has 3 nitrogen and oxygen atoms in total. The van der Waals surface area contributed by atoms with Gasteiger partial charge in [0.2, 0.25) is 0 Å². The predicted octanol–water partition coefficient (Wildman–Crippen LogP) is 2.16. The maximum Gasteiger partial charge on any atom is 0.127 e. The monoisotopic (exact) mass is 268 g/mol. The average molecular weight is 268 g/mol. The molecule has 0 fully saturated rings. The van der Waals surface area contributed by atoms with Gasteiger partial charge in [-0.1, -0.05) is 25.1 Å². The first-order valence-corrected chi connectivity index (χ1v) is 6.78. The van der Waals surface area contributed by atoms with Crippen LogP contribution in [0.4, 0.5) is 4.39 Å². The number of halogens is 1. The third kappa shape index (κ3) is 5.27. The largest absolute Gasteiger partial charge is 0.393 e. The van der Waals surface area contributed by atoms with Gasteiger partial charge < -0.3 is 15.7 Å². The molecule has 0 saturated carbocycles. The highest BCUT2D eigenvalue weighted by atomic mass is 19.1. The first kappa shape index (κ1) is 16.1. The normalized spacial score (nSPS) is 16.4. The maximum atomic E-state index is 13.7. The molecule has 1 aromatic carbocycles. The summed E-state index contributed by atoms with van der Waals surface area (Å²) < 4.78 is 13.7. The molecule has 4 heteroatoms. The summed E-state index contributed by atoms with van der Waals surface area (Å²) in [5, 5.41) is 9.26. The smallest absolute Gasteiger partial charge is 0.127 e. The minimum atomic E-state index is -0.310. The molecular weight excluding hydrogens is 243 g/mol. The molecule has 19 heavy (non-hydrogen) atoms. The highest BCUT2D eigenvalue weighted by molar-refractivity contribution is 5.21. The molecule has 0 spiro atoms. The van der Waals surface area contributed by atoms with Crippen LogP contribution in [0.1, 0.15) is 31.9 Å². The highest BCUT2D eigenvalue weighted by Gasteiger charge is 2.19. The molecule has 0 amide bonds. The summed E-state index contributed by atoms with van der Waals surface area (Å²) in [4.78, 5) is 2.12. The number of rotatable bonds is 7. The van der Waals surface area contributed by atoms with Crippen LogP contribution >= 0.6 is 0 Å². The van der Waals surface area contributed by atoms with Crippen LogP contribution in [0, 0.1) is 11.7 Å². The third-order valence-electron chi connectivity index (χ3n) is 3.41. The topological polar surface area (TPSA) is 49.5 Å². The van der Waals surface area contributed by atoms with E-state index in [1.165, 1.54) is 6.07 Å². The van der Waals surface area contributed by atoms with E-state index in [0.717, 1.165) is 19.5 Å². The van der Waals surface area contributed by atoms with Gasteiger partial charge >= 0.3 is 0 Å². The number of aliphatic hydroxyl groups excluding tert-OH is 1. The first-order chi connectivity index (χ1) is 8.91. The Hall–Kier alpha value is -0.970. The summed E-state index contributed by atoms with van der Waals surface area (Å²) >= 11 is 0. The van der Waals surface area contributed by atoms with Crippen molar-refractivity contribution in [3.63, 3.8) is 0 Å². The van der Waals surface area contributed by atoms with Crippen molar-refractivity contribution in [2.45, 2.75) is 32.4 Å². The summed E-state index contributed by atoms with van der Waals surface area (Å²) in [6, 6.07) is 6.36. The van der Waals surface area contributed by atoms with Crippen LogP contribution in [-0.2, 0) is 0 Å². The van der Waals surface area contributed by atoms with E-state index in [1.54, 1.807) is 19.1 Å². The number of benzene rings is 1. The third-order valence-corrected chi connectivity index (χ3v) is 3.41. The molecule has 1 rings (SSSR count). The fourth-order valence-electron chi connectivity index (χ4n) is 2.16. The van der Waals surface area contributed by atoms with Gasteiger partial charge in [0.25, 0.3) is 0 Å². The van der Waals surface area contributed by atoms with E-state index in [0.29, 0.717) is 5.56 Å². The van der Waals surface area contributed by atoms with Gasteiger partial charge in [0.05, 0.1) is 6.10 Å². The van der Waals surface area contributed by atoms with Gasteiger partial charge in [-0.3, -0.25) is 0 Å². The van der Waals surface area contributed by atoms with Gasteiger partial charge in [-0.25, -0.2) is 4.39 Å². The quantitative estimate of drug-likeness (QED) is 0.797. The Kier molecular flexibility index (Phi) is 6.42. The molecule has 0 aliphatic rings. The second-order valence-electron chi connectivity index (χ2n) is 5.42. The van der Waals surface area contributed by atoms with Gasteiger partial charge in [-0.05, 0) is 32.4 Å². The van der Waals surface area contributed by atoms with Crippen molar-refractivity contribution in [3.05, 3.63) is 35.6 Å². The van der Waals surface area contributed by atoms with Crippen molar-refractivity contribution in [1.29, 1.82) is 0 Å². The molecule has 3 unspecified atom stereocenters. The number of hydrogen-bond acceptors (Lipinski definition) is 3. The Balaban J connectivity index is 2.53. The van der Waals surface area contributed by atoms with Crippen molar-refractivity contribution in [2.75, 3.05) is 20.1 Å². The van der Waals surface area contributed by atoms with E-state index < -0.39 is 0 Å². The van der Waals surface area contributed by atoms with Crippen LogP contribution < -0.4 is 5.73 Å². The molecule has 3 atom stereocenters. The predicted molar refractivity (Wildman–Crippen MR) is 76.3 cm³/mol. The summed E-state index contributed by atoms with van der Waals surface area (Å²) in [6.45, 7) is 5.40. The number of aliphatic hydroxyl groups is 1. The van der Waals surface area contributed by atoms with E-state index >= 15 is 0 Å². The van der Waals surface area contributed by atoms with Crippen molar-refractivity contribution in [3.8, 4) is 0 Å². The number of nitrogens with two attached hydrogens (primary N) is 1. The van der Waals surface area contributed by atoms with Crippen LogP contribution in [0.15, 0.2) is 24.3 Å². The van der Waals surface area contributed by atoms with E-state index in [4.69, 9.17) is 5.73 Å². The molecule has 0 aliphatic heterocycles. The Morgan fingerprint density at radius 2 is 1.95 bits per heavy atom. The fourth-order valence-corrected chi connectivity index (χ4v) is 2.16. The molecule has 0 heterocycles. The molecule has 0 aromatic heterocycles. The van der Waals surface area contributed by atoms with E-state index in [9.17, 15) is 9.50 Å². The van der Waals surface area contributed by atoms with E-state index in [1.807, 2.05) is 20.0 Å². The zero-order valence-electron chi connectivity index (χ0n) is 12.0. The maximum absolute atomic E-state index is 13.7. The molecule has 108 valence electrons. The molecular formula is C15H25FN2O.